The molecule has 0 saturated heterocycles. The van der Waals surface area contributed by atoms with E-state index in [1.807, 2.05) is 6.92 Å². The molecule has 0 radical (unpaired) electrons. The molecule has 0 aromatic heterocycles. The topological polar surface area (TPSA) is 58.6 Å². The van der Waals surface area contributed by atoms with Crippen LogP contribution in [0.25, 0.3) is 0 Å². The molecule has 1 amide bonds. The second-order valence-electron chi connectivity index (χ2n) is 3.29. The first-order chi connectivity index (χ1) is 7.02. The van der Waals surface area contributed by atoms with Crippen molar-refractivity contribution in [2.24, 2.45) is 0 Å². The van der Waals surface area contributed by atoms with E-state index in [1.165, 1.54) is 0 Å². The fraction of sp³-hybridized carbons (Fsp3) is 0.800. The van der Waals surface area contributed by atoms with Gasteiger partial charge in [0.1, 0.15) is 0 Å². The van der Waals surface area contributed by atoms with E-state index in [-0.39, 0.29) is 24.5 Å². The molecule has 0 rings (SSSR count). The summed E-state index contributed by atoms with van der Waals surface area (Å²) in [4.78, 5) is 24.2. The summed E-state index contributed by atoms with van der Waals surface area (Å²) in [5, 5.41) is 2.70. The van der Waals surface area contributed by atoms with Gasteiger partial charge >= 0.3 is 5.97 Å². The van der Waals surface area contributed by atoms with Crippen LogP contribution in [0.3, 0.4) is 0 Å². The van der Waals surface area contributed by atoms with Crippen LogP contribution >= 0.6 is 0 Å². The normalized spacial score (nSPS) is 12.3. The van der Waals surface area contributed by atoms with Gasteiger partial charge in [0.2, 0.25) is 5.91 Å². The number of nitrogens with zero attached hydrogens (tertiary/aromatic N) is 1. The van der Waals surface area contributed by atoms with E-state index < -0.39 is 0 Å². The van der Waals surface area contributed by atoms with Gasteiger partial charge in [-0.1, -0.05) is 0 Å². The maximum Gasteiger partial charge on any atom is 0.320 e. The summed E-state index contributed by atoms with van der Waals surface area (Å²) in [6.45, 7) is 6.45. The Bertz CT molecular complexity index is 219. The highest BCUT2D eigenvalue weighted by Crippen LogP contribution is 1.96. The Morgan fingerprint density at radius 2 is 2.00 bits per heavy atom. The molecule has 5 heteroatoms. The minimum atomic E-state index is -0.325. The lowest BCUT2D eigenvalue weighted by Gasteiger charge is -2.22. The molecule has 5 nitrogen and oxygen atoms in total. The Morgan fingerprint density at radius 1 is 1.40 bits per heavy atom. The van der Waals surface area contributed by atoms with Crippen molar-refractivity contribution < 1.29 is 14.3 Å². The Balaban J connectivity index is 4.02. The van der Waals surface area contributed by atoms with E-state index in [4.69, 9.17) is 4.74 Å². The van der Waals surface area contributed by atoms with E-state index in [1.54, 1.807) is 25.8 Å². The number of hydrogen-bond acceptors (Lipinski definition) is 4. The van der Waals surface area contributed by atoms with Crippen LogP contribution in [0.2, 0.25) is 0 Å². The van der Waals surface area contributed by atoms with Crippen LogP contribution in [0.1, 0.15) is 20.8 Å². The van der Waals surface area contributed by atoms with Gasteiger partial charge in [-0.05, 0) is 27.8 Å². The number of ether oxygens (including phenoxy) is 1. The molecule has 0 aliphatic heterocycles. The molecule has 0 heterocycles. The monoisotopic (exact) mass is 216 g/mol. The number of esters is 1. The number of likely N-dealkylation sites (N-methyl/N-ethyl adjacent to an activating group) is 2. The number of amides is 1. The molecule has 1 unspecified atom stereocenters. The predicted molar refractivity (Wildman–Crippen MR) is 57.4 cm³/mol. The van der Waals surface area contributed by atoms with Crippen molar-refractivity contribution in [2.45, 2.75) is 26.8 Å². The first-order valence-electron chi connectivity index (χ1n) is 5.16. The number of carbonyl (C=O) groups is 2. The second kappa shape index (κ2) is 7.23. The van der Waals surface area contributed by atoms with Gasteiger partial charge in [0.25, 0.3) is 0 Å². The van der Waals surface area contributed by atoms with E-state index in [0.29, 0.717) is 13.2 Å². The van der Waals surface area contributed by atoms with Crippen molar-refractivity contribution in [3.8, 4) is 0 Å². The van der Waals surface area contributed by atoms with Crippen LogP contribution in [0.15, 0.2) is 0 Å². The number of hydrogen-bond donors (Lipinski definition) is 1. The van der Waals surface area contributed by atoms with Crippen molar-refractivity contribution >= 4 is 11.9 Å². The minimum absolute atomic E-state index is 0.0794. The summed E-state index contributed by atoms with van der Waals surface area (Å²) >= 11 is 0. The molecule has 0 fully saturated rings. The molecule has 0 saturated carbocycles. The third kappa shape index (κ3) is 5.37. The van der Waals surface area contributed by atoms with E-state index in [2.05, 4.69) is 5.32 Å². The summed E-state index contributed by atoms with van der Waals surface area (Å²) in [5.41, 5.74) is 0. The fourth-order valence-corrected chi connectivity index (χ4v) is 1.07. The molecule has 0 spiro atoms. The van der Waals surface area contributed by atoms with Gasteiger partial charge in [-0.2, -0.15) is 0 Å². The average molecular weight is 216 g/mol. The van der Waals surface area contributed by atoms with Crippen LogP contribution in [0.4, 0.5) is 0 Å². The summed E-state index contributed by atoms with van der Waals surface area (Å²) in [6, 6.07) is -0.325. The highest BCUT2D eigenvalue weighted by molar-refractivity contribution is 5.82. The molecular weight excluding hydrogens is 196 g/mol. The Labute approximate surface area is 90.8 Å². The number of nitrogens with one attached hydrogen (secondary N) is 1. The molecule has 0 aromatic carbocycles. The average Bonchev–Trinajstić information content (AvgIpc) is 2.17. The van der Waals surface area contributed by atoms with Crippen molar-refractivity contribution in [1.29, 1.82) is 0 Å². The first-order valence-corrected chi connectivity index (χ1v) is 5.16. The highest BCUT2D eigenvalue weighted by Gasteiger charge is 2.19. The third-order valence-electron chi connectivity index (χ3n) is 2.08. The number of carbonyl (C=O) groups excluding carboxylic acids is 2. The van der Waals surface area contributed by atoms with Crippen molar-refractivity contribution in [3.05, 3.63) is 0 Å². The van der Waals surface area contributed by atoms with Crippen molar-refractivity contribution in [3.63, 3.8) is 0 Å². The largest absolute Gasteiger partial charge is 0.465 e. The second-order valence-corrected chi connectivity index (χ2v) is 3.29. The summed E-state index contributed by atoms with van der Waals surface area (Å²) in [7, 11) is 1.72. The van der Waals surface area contributed by atoms with E-state index in [9.17, 15) is 9.59 Å². The van der Waals surface area contributed by atoms with Crippen LogP contribution in [0, 0.1) is 0 Å². The Hall–Kier alpha value is -1.10. The maximum atomic E-state index is 11.4. The van der Waals surface area contributed by atoms with Gasteiger partial charge in [-0.15, -0.1) is 0 Å². The standard InChI is InChI=1S/C10H20N2O3/c1-5-11-10(14)8(3)12(4)7-9(13)15-6-2/h8H,5-7H2,1-4H3,(H,11,14). The first kappa shape index (κ1) is 13.9. The molecule has 1 N–H and O–H groups in total. The molecule has 0 aliphatic carbocycles. The van der Waals surface area contributed by atoms with Crippen molar-refractivity contribution in [2.75, 3.05) is 26.7 Å². The van der Waals surface area contributed by atoms with Crippen molar-refractivity contribution in [1.82, 2.24) is 10.2 Å². The van der Waals surface area contributed by atoms with Gasteiger partial charge in [-0.3, -0.25) is 14.5 Å². The number of rotatable bonds is 6. The predicted octanol–water partition coefficient (Wildman–Crippen LogP) is 0.00590. The molecule has 0 bridgehead atoms. The lowest BCUT2D eigenvalue weighted by molar-refractivity contribution is -0.145. The summed E-state index contributed by atoms with van der Waals surface area (Å²) < 4.78 is 4.79. The Morgan fingerprint density at radius 3 is 2.47 bits per heavy atom. The molecule has 88 valence electrons. The van der Waals surface area contributed by atoms with E-state index >= 15 is 0 Å². The van der Waals surface area contributed by atoms with E-state index in [0.717, 1.165) is 0 Å². The summed E-state index contributed by atoms with van der Waals surface area (Å²) in [5.74, 6) is -0.388. The molecule has 0 aliphatic rings. The van der Waals surface area contributed by atoms with Gasteiger partial charge in [-0.25, -0.2) is 0 Å². The minimum Gasteiger partial charge on any atom is -0.465 e. The molecule has 15 heavy (non-hydrogen) atoms. The Kier molecular flexibility index (Phi) is 6.70. The van der Waals surface area contributed by atoms with Gasteiger partial charge < -0.3 is 10.1 Å². The van der Waals surface area contributed by atoms with Crippen LogP contribution in [-0.2, 0) is 14.3 Å². The van der Waals surface area contributed by atoms with Gasteiger partial charge in [0.15, 0.2) is 0 Å². The quantitative estimate of drug-likeness (QED) is 0.635. The smallest absolute Gasteiger partial charge is 0.320 e. The third-order valence-corrected chi connectivity index (χ3v) is 2.08. The molecule has 0 aromatic rings. The lowest BCUT2D eigenvalue weighted by atomic mass is 10.3. The lowest BCUT2D eigenvalue weighted by Crippen LogP contribution is -2.45. The van der Waals surface area contributed by atoms with Crippen LogP contribution in [-0.4, -0.2) is 49.6 Å². The zero-order valence-electron chi connectivity index (χ0n) is 9.87. The zero-order valence-corrected chi connectivity index (χ0v) is 9.87. The molecule has 1 atom stereocenters. The SMILES string of the molecule is CCNC(=O)C(C)N(C)CC(=O)OCC. The molecular formula is C10H20N2O3. The van der Waals surface area contributed by atoms with Crippen LogP contribution < -0.4 is 5.32 Å². The van der Waals surface area contributed by atoms with Crippen LogP contribution in [0.5, 0.6) is 0 Å². The van der Waals surface area contributed by atoms with Gasteiger partial charge in [0, 0.05) is 6.54 Å². The fourth-order valence-electron chi connectivity index (χ4n) is 1.07. The zero-order chi connectivity index (χ0) is 11.8. The maximum absolute atomic E-state index is 11.4. The highest BCUT2D eigenvalue weighted by atomic mass is 16.5. The van der Waals surface area contributed by atoms with Gasteiger partial charge in [0.05, 0.1) is 19.2 Å². The summed E-state index contributed by atoms with van der Waals surface area (Å²) in [6.07, 6.45) is 0.